The number of fused-ring (bicyclic) bond motifs is 6. The monoisotopic (exact) mass is 909 g/mol. The highest BCUT2D eigenvalue weighted by atomic mass is 35.5. The van der Waals surface area contributed by atoms with E-state index >= 15 is 0 Å². The van der Waals surface area contributed by atoms with Crippen molar-refractivity contribution >= 4 is 87.2 Å². The number of hydrogen-bond acceptors (Lipinski definition) is 7. The molecule has 0 spiro atoms. The summed E-state index contributed by atoms with van der Waals surface area (Å²) in [7, 11) is -0.393. The van der Waals surface area contributed by atoms with Gasteiger partial charge in [0.05, 0.1) is 11.2 Å². The molecule has 1 fully saturated rings. The van der Waals surface area contributed by atoms with Gasteiger partial charge in [0.15, 0.2) is 17.5 Å². The van der Waals surface area contributed by atoms with Crippen LogP contribution in [-0.2, 0) is 9.31 Å². The Morgan fingerprint density at radius 2 is 0.879 bits per heavy atom. The summed E-state index contributed by atoms with van der Waals surface area (Å²) in [5.41, 5.74) is 9.88. The predicted molar refractivity (Wildman–Crippen MR) is 279 cm³/mol. The van der Waals surface area contributed by atoms with Gasteiger partial charge in [-0.3, -0.25) is 0 Å². The third-order valence-corrected chi connectivity index (χ3v) is 16.0. The maximum Gasteiger partial charge on any atom is 0.494 e. The zero-order valence-corrected chi connectivity index (χ0v) is 39.1. The topological polar surface area (TPSA) is 57.1 Å². The van der Waals surface area contributed by atoms with Crippen molar-refractivity contribution in [3.63, 3.8) is 0 Å². The lowest BCUT2D eigenvalue weighted by Gasteiger charge is -2.32. The molecule has 66 heavy (non-hydrogen) atoms. The second-order valence-corrected chi connectivity index (χ2v) is 20.4. The van der Waals surface area contributed by atoms with E-state index in [1.54, 1.807) is 11.3 Å². The molecule has 0 atom stereocenters. The number of thiophene rings is 2. The molecule has 0 unspecified atom stereocenters. The third-order valence-electron chi connectivity index (χ3n) is 13.3. The fourth-order valence-corrected chi connectivity index (χ4v) is 11.7. The summed E-state index contributed by atoms with van der Waals surface area (Å²) in [4.78, 5) is 15.5. The summed E-state index contributed by atoms with van der Waals surface area (Å²) in [6.07, 6.45) is 0. The summed E-state index contributed by atoms with van der Waals surface area (Å²) < 4.78 is 17.6. The predicted octanol–water partition coefficient (Wildman–Crippen LogP) is 15.6. The van der Waals surface area contributed by atoms with Crippen LogP contribution in [0.5, 0.6) is 0 Å². The largest absolute Gasteiger partial charge is 0.494 e. The van der Waals surface area contributed by atoms with Crippen LogP contribution < -0.4 is 5.46 Å². The number of aromatic nitrogens is 3. The van der Waals surface area contributed by atoms with Crippen LogP contribution in [0.2, 0.25) is 5.02 Å². The average molecular weight is 910 g/mol. The van der Waals surface area contributed by atoms with Gasteiger partial charge in [-0.15, -0.1) is 22.7 Å². The number of hydrogen-bond donors (Lipinski definition) is 0. The van der Waals surface area contributed by atoms with Crippen molar-refractivity contribution in [1.29, 1.82) is 0 Å². The van der Waals surface area contributed by atoms with Gasteiger partial charge in [-0.1, -0.05) is 145 Å². The lowest BCUT2D eigenvalue weighted by molar-refractivity contribution is 0.00578. The molecule has 1 saturated heterocycles. The normalized spacial score (nSPS) is 14.5. The van der Waals surface area contributed by atoms with Gasteiger partial charge in [-0.05, 0) is 109 Å². The molecule has 4 heterocycles. The molecule has 318 valence electrons. The second-order valence-electron chi connectivity index (χ2n) is 17.9. The van der Waals surface area contributed by atoms with Gasteiger partial charge in [0.1, 0.15) is 0 Å². The van der Waals surface area contributed by atoms with Gasteiger partial charge in [-0.25, -0.2) is 15.0 Å². The van der Waals surface area contributed by atoms with Crippen LogP contribution in [0.25, 0.3) is 108 Å². The lowest BCUT2D eigenvalue weighted by atomic mass is 9.78. The number of halogens is 1. The molecular formula is C57H41BClN3O2S2. The molecule has 1 aliphatic heterocycles. The Hall–Kier alpha value is -6.52. The van der Waals surface area contributed by atoms with E-state index in [1.807, 2.05) is 35.6 Å². The molecule has 0 saturated carbocycles. The van der Waals surface area contributed by atoms with Crippen molar-refractivity contribution < 1.29 is 9.31 Å². The van der Waals surface area contributed by atoms with E-state index in [-0.39, 0.29) is 11.2 Å². The fourth-order valence-electron chi connectivity index (χ4n) is 9.14. The van der Waals surface area contributed by atoms with E-state index in [0.29, 0.717) is 22.5 Å². The van der Waals surface area contributed by atoms with Crippen LogP contribution in [0.15, 0.2) is 176 Å². The van der Waals surface area contributed by atoms with Crippen molar-refractivity contribution in [3.05, 3.63) is 181 Å². The van der Waals surface area contributed by atoms with Gasteiger partial charge in [0.2, 0.25) is 0 Å². The van der Waals surface area contributed by atoms with E-state index in [2.05, 4.69) is 179 Å². The number of rotatable bonds is 7. The van der Waals surface area contributed by atoms with Gasteiger partial charge >= 0.3 is 7.12 Å². The first kappa shape index (κ1) is 41.0. The van der Waals surface area contributed by atoms with Crippen LogP contribution in [0.3, 0.4) is 0 Å². The minimum absolute atomic E-state index is 0.387. The zero-order chi connectivity index (χ0) is 44.7. The van der Waals surface area contributed by atoms with Crippen LogP contribution in [0, 0.1) is 0 Å². The van der Waals surface area contributed by atoms with E-state index in [4.69, 9.17) is 35.9 Å². The third kappa shape index (κ3) is 6.95. The summed E-state index contributed by atoms with van der Waals surface area (Å²) in [6.45, 7) is 8.36. The molecule has 8 aromatic carbocycles. The molecule has 0 N–H and O–H groups in total. The van der Waals surface area contributed by atoms with Crippen LogP contribution in [-0.4, -0.2) is 33.3 Å². The van der Waals surface area contributed by atoms with Crippen LogP contribution in [0.1, 0.15) is 27.7 Å². The Balaban J connectivity index is 0.914. The van der Waals surface area contributed by atoms with Crippen molar-refractivity contribution in [2.75, 3.05) is 0 Å². The Morgan fingerprint density at radius 1 is 0.409 bits per heavy atom. The molecule has 3 aromatic heterocycles. The first-order chi connectivity index (χ1) is 32.1. The Bertz CT molecular complexity index is 3660. The quantitative estimate of drug-likeness (QED) is 0.149. The van der Waals surface area contributed by atoms with Crippen molar-refractivity contribution in [2.24, 2.45) is 0 Å². The smallest absolute Gasteiger partial charge is 0.399 e. The van der Waals surface area contributed by atoms with Crippen molar-refractivity contribution in [1.82, 2.24) is 15.0 Å². The maximum absolute atomic E-state index is 6.35. The molecular weight excluding hydrogens is 869 g/mol. The molecule has 9 heteroatoms. The molecule has 0 radical (unpaired) electrons. The van der Waals surface area contributed by atoms with E-state index in [1.165, 1.54) is 52.3 Å². The van der Waals surface area contributed by atoms with Gasteiger partial charge in [0.25, 0.3) is 0 Å². The molecule has 0 amide bonds. The summed E-state index contributed by atoms with van der Waals surface area (Å²) in [6, 6.07) is 61.9. The zero-order valence-electron chi connectivity index (χ0n) is 36.7. The van der Waals surface area contributed by atoms with Gasteiger partial charge < -0.3 is 9.31 Å². The first-order valence-electron chi connectivity index (χ1n) is 22.1. The number of nitrogens with zero attached hydrogens (tertiary/aromatic N) is 3. The van der Waals surface area contributed by atoms with Gasteiger partial charge in [0, 0.05) is 62.1 Å². The van der Waals surface area contributed by atoms with Crippen LogP contribution in [0.4, 0.5) is 0 Å². The minimum atomic E-state index is -0.393. The first-order valence-corrected chi connectivity index (χ1v) is 24.1. The maximum atomic E-state index is 6.35. The van der Waals surface area contributed by atoms with E-state index in [9.17, 15) is 0 Å². The molecule has 0 aliphatic carbocycles. The van der Waals surface area contributed by atoms with Crippen molar-refractivity contribution in [3.8, 4) is 67.5 Å². The molecule has 0 bridgehead atoms. The fraction of sp³-hybridized carbons (Fsp3) is 0.105. The highest BCUT2D eigenvalue weighted by Gasteiger charge is 2.51. The van der Waals surface area contributed by atoms with Gasteiger partial charge in [-0.2, -0.15) is 0 Å². The average Bonchev–Trinajstić information content (AvgIpc) is 3.99. The molecule has 11 aromatic rings. The summed E-state index contributed by atoms with van der Waals surface area (Å²) in [5, 5.41) is 5.60. The Labute approximate surface area is 396 Å². The standard InChI is InChI=1S/C57H41BClN3O2S2/c1-56(2)57(3,4)64-58(63-56)38-30-26-36(27-31-38)42-16-9-18-46-50-41(15-11-21-49(50)66-51(42)46)35-24-22-34(23-25-35)40-12-5-6-14-45(40)54-60-53(37-28-32-39(59)33-29-37)61-55(62-54)47-19-10-17-44-43-13-7-8-20-48(43)65-52(44)47/h5-33H,1-4H3. The Kier molecular flexibility index (Phi) is 9.82. The summed E-state index contributed by atoms with van der Waals surface area (Å²) >= 11 is 9.97. The second kappa shape index (κ2) is 15.8. The highest BCUT2D eigenvalue weighted by molar-refractivity contribution is 7.26. The van der Waals surface area contributed by atoms with E-state index < -0.39 is 7.12 Å². The molecule has 12 rings (SSSR count). The molecule has 1 aliphatic rings. The van der Waals surface area contributed by atoms with Crippen LogP contribution >= 0.6 is 34.3 Å². The lowest BCUT2D eigenvalue weighted by Crippen LogP contribution is -2.41. The van der Waals surface area contributed by atoms with E-state index in [0.717, 1.165) is 43.5 Å². The minimum Gasteiger partial charge on any atom is -0.399 e. The number of benzene rings is 8. The highest BCUT2D eigenvalue weighted by Crippen LogP contribution is 2.45. The summed E-state index contributed by atoms with van der Waals surface area (Å²) in [5.74, 6) is 1.83. The Morgan fingerprint density at radius 3 is 1.62 bits per heavy atom. The van der Waals surface area contributed by atoms with Crippen molar-refractivity contribution in [2.45, 2.75) is 38.9 Å². The molecule has 5 nitrogen and oxygen atoms in total. The SMILES string of the molecule is CC1(C)OB(c2ccc(-c3cccc4c3sc3cccc(-c5ccc(-c6ccccc6-c6nc(-c7ccc(Cl)cc7)nc(-c7cccc8c7sc7ccccc78)n6)cc5)c34)cc2)OC1(C)C.